The van der Waals surface area contributed by atoms with Crippen LogP contribution in [-0.4, -0.2) is 48.2 Å². The molecule has 2 saturated carbocycles. The van der Waals surface area contributed by atoms with Crippen molar-refractivity contribution in [2.45, 2.75) is 45.2 Å². The molecule has 2 aliphatic rings. The Morgan fingerprint density at radius 1 is 1.39 bits per heavy atom. The Hall–Kier alpha value is -0.610. The van der Waals surface area contributed by atoms with E-state index in [0.717, 1.165) is 0 Å². The zero-order valence-electron chi connectivity index (χ0n) is 11.7. The van der Waals surface area contributed by atoms with Crippen LogP contribution in [0.4, 0.5) is 0 Å². The Morgan fingerprint density at radius 3 is 2.67 bits per heavy atom. The van der Waals surface area contributed by atoms with Crippen LogP contribution in [0.3, 0.4) is 0 Å². The van der Waals surface area contributed by atoms with E-state index < -0.39 is 0 Å². The van der Waals surface area contributed by atoms with E-state index in [9.17, 15) is 9.90 Å². The summed E-state index contributed by atoms with van der Waals surface area (Å²) in [4.78, 5) is 14.1. The summed E-state index contributed by atoms with van der Waals surface area (Å²) in [5.41, 5.74) is 0. The normalized spacial score (nSPS) is 34.6. The molecule has 2 N–H and O–H groups in total. The minimum Gasteiger partial charge on any atom is -0.396 e. The molecule has 4 nitrogen and oxygen atoms in total. The number of nitrogens with one attached hydrogen (secondary N) is 1. The van der Waals surface area contributed by atoms with E-state index in [2.05, 4.69) is 19.2 Å². The first-order valence-electron chi connectivity index (χ1n) is 7.13. The standard InChI is InChI=1S/C14H26N2O2/c1-9(2)16(3)7-13(18)15-14-11-5-4-10(6-11)12(14)8-17/h9-12,14,17H,4-8H2,1-3H3,(H,15,18). The summed E-state index contributed by atoms with van der Waals surface area (Å²) in [6.45, 7) is 4.83. The van der Waals surface area contributed by atoms with Gasteiger partial charge in [-0.05, 0) is 52.0 Å². The second kappa shape index (κ2) is 5.57. The number of aliphatic hydroxyl groups is 1. The third-order valence-corrected chi connectivity index (χ3v) is 4.90. The van der Waals surface area contributed by atoms with E-state index in [0.29, 0.717) is 24.4 Å². The molecular formula is C14H26N2O2. The Kier molecular flexibility index (Phi) is 4.28. The first-order chi connectivity index (χ1) is 8.52. The lowest BCUT2D eigenvalue weighted by Crippen LogP contribution is -2.48. The van der Waals surface area contributed by atoms with Crippen LogP contribution in [0.1, 0.15) is 33.1 Å². The maximum absolute atomic E-state index is 12.0. The fourth-order valence-corrected chi connectivity index (χ4v) is 3.54. The minimum atomic E-state index is 0.0993. The summed E-state index contributed by atoms with van der Waals surface area (Å²) < 4.78 is 0. The summed E-state index contributed by atoms with van der Waals surface area (Å²) in [5, 5.41) is 12.6. The zero-order valence-corrected chi connectivity index (χ0v) is 11.7. The van der Waals surface area contributed by atoms with E-state index in [1.807, 2.05) is 11.9 Å². The summed E-state index contributed by atoms with van der Waals surface area (Å²) in [7, 11) is 1.97. The van der Waals surface area contributed by atoms with Crippen LogP contribution in [0.15, 0.2) is 0 Å². The number of hydrogen-bond acceptors (Lipinski definition) is 3. The molecule has 0 spiro atoms. The van der Waals surface area contributed by atoms with E-state index in [4.69, 9.17) is 0 Å². The number of hydrogen-bond donors (Lipinski definition) is 2. The number of likely N-dealkylation sites (N-methyl/N-ethyl adjacent to an activating group) is 1. The van der Waals surface area contributed by atoms with Gasteiger partial charge < -0.3 is 10.4 Å². The van der Waals surface area contributed by atoms with Gasteiger partial charge in [-0.1, -0.05) is 0 Å². The lowest BCUT2D eigenvalue weighted by Gasteiger charge is -2.31. The smallest absolute Gasteiger partial charge is 0.234 e. The molecule has 0 aliphatic heterocycles. The lowest BCUT2D eigenvalue weighted by atomic mass is 9.85. The van der Waals surface area contributed by atoms with Gasteiger partial charge >= 0.3 is 0 Å². The highest BCUT2D eigenvalue weighted by molar-refractivity contribution is 5.78. The number of carbonyl (C=O) groups is 1. The van der Waals surface area contributed by atoms with Gasteiger partial charge in [-0.15, -0.1) is 0 Å². The van der Waals surface area contributed by atoms with Crippen molar-refractivity contribution in [3.8, 4) is 0 Å². The second-order valence-corrected chi connectivity index (χ2v) is 6.28. The molecule has 0 radical (unpaired) electrons. The van der Waals surface area contributed by atoms with Crippen LogP contribution in [-0.2, 0) is 4.79 Å². The minimum absolute atomic E-state index is 0.0993. The molecule has 2 aliphatic carbocycles. The molecule has 0 aromatic carbocycles. The maximum atomic E-state index is 12.0. The van der Waals surface area contributed by atoms with Crippen molar-refractivity contribution in [3.05, 3.63) is 0 Å². The lowest BCUT2D eigenvalue weighted by molar-refractivity contribution is -0.123. The van der Waals surface area contributed by atoms with Crippen molar-refractivity contribution in [2.24, 2.45) is 17.8 Å². The number of fused-ring (bicyclic) bond motifs is 2. The van der Waals surface area contributed by atoms with E-state index in [1.165, 1.54) is 19.3 Å². The van der Waals surface area contributed by atoms with Crippen molar-refractivity contribution >= 4 is 5.91 Å². The first-order valence-corrected chi connectivity index (χ1v) is 7.13. The predicted octanol–water partition coefficient (Wildman–Crippen LogP) is 0.850. The van der Waals surface area contributed by atoms with E-state index in [-0.39, 0.29) is 24.5 Å². The van der Waals surface area contributed by atoms with Crippen molar-refractivity contribution < 1.29 is 9.90 Å². The van der Waals surface area contributed by atoms with Crippen LogP contribution in [0.25, 0.3) is 0 Å². The molecule has 2 rings (SSSR count). The summed E-state index contributed by atoms with van der Waals surface area (Å²) in [6.07, 6.45) is 3.64. The van der Waals surface area contributed by atoms with Crippen LogP contribution in [0.2, 0.25) is 0 Å². The van der Waals surface area contributed by atoms with Gasteiger partial charge in [-0.25, -0.2) is 0 Å². The van der Waals surface area contributed by atoms with Crippen molar-refractivity contribution in [1.82, 2.24) is 10.2 Å². The molecule has 18 heavy (non-hydrogen) atoms. The van der Waals surface area contributed by atoms with Crippen LogP contribution >= 0.6 is 0 Å². The monoisotopic (exact) mass is 254 g/mol. The van der Waals surface area contributed by atoms with Gasteiger partial charge in [0.25, 0.3) is 0 Å². The Balaban J connectivity index is 1.87. The molecule has 1 amide bonds. The number of nitrogens with zero attached hydrogens (tertiary/aromatic N) is 1. The summed E-state index contributed by atoms with van der Waals surface area (Å²) >= 11 is 0. The molecule has 2 fully saturated rings. The predicted molar refractivity (Wildman–Crippen MR) is 71.1 cm³/mol. The zero-order chi connectivity index (χ0) is 13.3. The van der Waals surface area contributed by atoms with Gasteiger partial charge in [0.2, 0.25) is 5.91 Å². The molecular weight excluding hydrogens is 228 g/mol. The van der Waals surface area contributed by atoms with Crippen LogP contribution in [0.5, 0.6) is 0 Å². The Bertz CT molecular complexity index is 306. The molecule has 4 heteroatoms. The number of amides is 1. The SMILES string of the molecule is CC(C)N(C)CC(=O)NC1C2CCC(C2)C1CO. The molecule has 4 atom stereocenters. The molecule has 2 bridgehead atoms. The molecule has 0 heterocycles. The fourth-order valence-electron chi connectivity index (χ4n) is 3.54. The highest BCUT2D eigenvalue weighted by Crippen LogP contribution is 2.48. The van der Waals surface area contributed by atoms with Gasteiger partial charge in [-0.3, -0.25) is 9.69 Å². The van der Waals surface area contributed by atoms with Crippen LogP contribution < -0.4 is 5.32 Å². The van der Waals surface area contributed by atoms with Gasteiger partial charge in [0.1, 0.15) is 0 Å². The molecule has 4 unspecified atom stereocenters. The highest BCUT2D eigenvalue weighted by atomic mass is 16.3. The number of carbonyl (C=O) groups excluding carboxylic acids is 1. The van der Waals surface area contributed by atoms with E-state index >= 15 is 0 Å². The molecule has 0 aromatic heterocycles. The fraction of sp³-hybridized carbons (Fsp3) is 0.929. The van der Waals surface area contributed by atoms with Gasteiger partial charge in [0, 0.05) is 24.6 Å². The average molecular weight is 254 g/mol. The third-order valence-electron chi connectivity index (χ3n) is 4.90. The first kappa shape index (κ1) is 13.8. The Morgan fingerprint density at radius 2 is 2.06 bits per heavy atom. The van der Waals surface area contributed by atoms with Crippen molar-refractivity contribution in [3.63, 3.8) is 0 Å². The second-order valence-electron chi connectivity index (χ2n) is 6.28. The average Bonchev–Trinajstić information content (AvgIpc) is 2.88. The third kappa shape index (κ3) is 2.69. The number of rotatable bonds is 5. The number of aliphatic hydroxyl groups excluding tert-OH is 1. The maximum Gasteiger partial charge on any atom is 0.234 e. The summed E-state index contributed by atoms with van der Waals surface area (Å²) in [6, 6.07) is 0.589. The van der Waals surface area contributed by atoms with E-state index in [1.54, 1.807) is 0 Å². The quantitative estimate of drug-likeness (QED) is 0.765. The largest absolute Gasteiger partial charge is 0.396 e. The van der Waals surface area contributed by atoms with Crippen LogP contribution in [0, 0.1) is 17.8 Å². The summed E-state index contributed by atoms with van der Waals surface area (Å²) in [5.74, 6) is 1.62. The molecule has 0 saturated heterocycles. The Labute approximate surface area is 110 Å². The van der Waals surface area contributed by atoms with Gasteiger partial charge in [-0.2, -0.15) is 0 Å². The molecule has 0 aromatic rings. The van der Waals surface area contributed by atoms with Crippen molar-refractivity contribution in [1.29, 1.82) is 0 Å². The van der Waals surface area contributed by atoms with Crippen molar-refractivity contribution in [2.75, 3.05) is 20.2 Å². The highest BCUT2D eigenvalue weighted by Gasteiger charge is 2.47. The van der Waals surface area contributed by atoms with Gasteiger partial charge in [0.15, 0.2) is 0 Å². The van der Waals surface area contributed by atoms with Gasteiger partial charge in [0.05, 0.1) is 6.54 Å². The topological polar surface area (TPSA) is 52.6 Å². The molecule has 104 valence electrons.